The van der Waals surface area contributed by atoms with Crippen molar-refractivity contribution in [3.05, 3.63) is 11.3 Å². The highest BCUT2D eigenvalue weighted by Crippen LogP contribution is 2.15. The predicted molar refractivity (Wildman–Crippen MR) is 62.5 cm³/mol. The predicted octanol–water partition coefficient (Wildman–Crippen LogP) is 2.62. The molecule has 0 saturated heterocycles. The first-order valence-corrected chi connectivity index (χ1v) is 5.75. The Hall–Kier alpha value is -0.990. The van der Waals surface area contributed by atoms with E-state index < -0.39 is 0 Å². The van der Waals surface area contributed by atoms with E-state index in [-0.39, 0.29) is 5.97 Å². The van der Waals surface area contributed by atoms with Crippen LogP contribution in [0.15, 0.2) is 11.3 Å². The highest BCUT2D eigenvalue weighted by molar-refractivity contribution is 5.89. The molecule has 0 spiro atoms. The summed E-state index contributed by atoms with van der Waals surface area (Å²) < 4.78 is 4.80. The number of hydrogen-bond acceptors (Lipinski definition) is 3. The number of ether oxygens (including phenoxy) is 1. The Balaban J connectivity index is 4.74. The summed E-state index contributed by atoms with van der Waals surface area (Å²) >= 11 is 0. The number of unbranched alkanes of at least 4 members (excludes halogenated alkanes) is 1. The Morgan fingerprint density at radius 2 is 1.93 bits per heavy atom. The molecule has 1 N–H and O–H groups in total. The lowest BCUT2D eigenvalue weighted by Crippen LogP contribution is -2.18. The number of carbonyl (C=O) groups excluding carboxylic acids is 1. The van der Waals surface area contributed by atoms with Gasteiger partial charge in [-0.05, 0) is 26.2 Å². The van der Waals surface area contributed by atoms with Gasteiger partial charge >= 0.3 is 5.97 Å². The fourth-order valence-corrected chi connectivity index (χ4v) is 1.51. The SMILES string of the molecule is CCCCC(C(=O)OC)=C(CC)NCC. The fourth-order valence-electron chi connectivity index (χ4n) is 1.51. The lowest BCUT2D eigenvalue weighted by Gasteiger charge is -2.13. The van der Waals surface area contributed by atoms with Crippen LogP contribution in [0.2, 0.25) is 0 Å². The summed E-state index contributed by atoms with van der Waals surface area (Å²) in [5.74, 6) is -0.193. The maximum atomic E-state index is 11.6. The lowest BCUT2D eigenvalue weighted by molar-refractivity contribution is -0.136. The van der Waals surface area contributed by atoms with Gasteiger partial charge in [0.1, 0.15) is 0 Å². The van der Waals surface area contributed by atoms with E-state index in [1.165, 1.54) is 7.11 Å². The number of nitrogens with one attached hydrogen (secondary N) is 1. The quantitative estimate of drug-likeness (QED) is 0.522. The van der Waals surface area contributed by atoms with E-state index in [4.69, 9.17) is 4.74 Å². The van der Waals surface area contributed by atoms with Crippen LogP contribution in [-0.4, -0.2) is 19.6 Å². The smallest absolute Gasteiger partial charge is 0.335 e. The molecule has 0 amide bonds. The molecule has 0 aromatic rings. The number of esters is 1. The second-order valence-electron chi connectivity index (χ2n) is 3.44. The first kappa shape index (κ1) is 14.0. The van der Waals surface area contributed by atoms with E-state index in [9.17, 15) is 4.79 Å². The largest absolute Gasteiger partial charge is 0.466 e. The van der Waals surface area contributed by atoms with E-state index in [1.807, 2.05) is 13.8 Å². The van der Waals surface area contributed by atoms with Crippen molar-refractivity contribution in [2.24, 2.45) is 0 Å². The van der Waals surface area contributed by atoms with Gasteiger partial charge in [0.05, 0.1) is 12.7 Å². The van der Waals surface area contributed by atoms with Crippen molar-refractivity contribution in [3.63, 3.8) is 0 Å². The molecule has 0 atom stereocenters. The third kappa shape index (κ3) is 4.86. The Kier molecular flexibility index (Phi) is 7.78. The molecule has 15 heavy (non-hydrogen) atoms. The molecule has 0 rings (SSSR count). The van der Waals surface area contributed by atoms with E-state index in [2.05, 4.69) is 12.2 Å². The molecule has 3 heteroatoms. The molecule has 3 nitrogen and oxygen atoms in total. The minimum atomic E-state index is -0.193. The van der Waals surface area contributed by atoms with Gasteiger partial charge in [0.15, 0.2) is 0 Å². The Morgan fingerprint density at radius 3 is 2.33 bits per heavy atom. The fraction of sp³-hybridized carbons (Fsp3) is 0.750. The van der Waals surface area contributed by atoms with Gasteiger partial charge < -0.3 is 10.1 Å². The van der Waals surface area contributed by atoms with Crippen LogP contribution in [0.25, 0.3) is 0 Å². The first-order valence-electron chi connectivity index (χ1n) is 5.75. The third-order valence-corrected chi connectivity index (χ3v) is 2.32. The number of methoxy groups -OCH3 is 1. The topological polar surface area (TPSA) is 38.3 Å². The van der Waals surface area contributed by atoms with Crippen molar-refractivity contribution in [2.45, 2.75) is 46.5 Å². The monoisotopic (exact) mass is 213 g/mol. The standard InChI is InChI=1S/C12H23NO2/c1-5-8-9-10(12(14)15-4)11(6-2)13-7-3/h13H,5-9H2,1-4H3. The Morgan fingerprint density at radius 1 is 1.27 bits per heavy atom. The Bertz CT molecular complexity index is 222. The van der Waals surface area contributed by atoms with E-state index in [1.54, 1.807) is 0 Å². The number of carbonyl (C=O) groups is 1. The van der Waals surface area contributed by atoms with Crippen molar-refractivity contribution in [3.8, 4) is 0 Å². The molecular formula is C12H23NO2. The van der Waals surface area contributed by atoms with Gasteiger partial charge in [0.25, 0.3) is 0 Å². The van der Waals surface area contributed by atoms with E-state index in [0.717, 1.165) is 43.5 Å². The lowest BCUT2D eigenvalue weighted by atomic mass is 10.1. The van der Waals surface area contributed by atoms with Gasteiger partial charge in [-0.25, -0.2) is 4.79 Å². The molecule has 0 radical (unpaired) electrons. The highest BCUT2D eigenvalue weighted by Gasteiger charge is 2.13. The molecule has 0 aliphatic heterocycles. The summed E-state index contributed by atoms with van der Waals surface area (Å²) in [6.45, 7) is 7.04. The number of rotatable bonds is 7. The van der Waals surface area contributed by atoms with E-state index >= 15 is 0 Å². The van der Waals surface area contributed by atoms with Gasteiger partial charge in [0, 0.05) is 12.2 Å². The highest BCUT2D eigenvalue weighted by atomic mass is 16.5. The second-order valence-corrected chi connectivity index (χ2v) is 3.44. The summed E-state index contributed by atoms with van der Waals surface area (Å²) in [7, 11) is 1.44. The third-order valence-electron chi connectivity index (χ3n) is 2.32. The minimum Gasteiger partial charge on any atom is -0.466 e. The average Bonchev–Trinajstić information content (AvgIpc) is 2.27. The Labute approximate surface area is 92.9 Å². The van der Waals surface area contributed by atoms with Crippen LogP contribution >= 0.6 is 0 Å². The zero-order valence-electron chi connectivity index (χ0n) is 10.4. The molecule has 0 heterocycles. The number of allylic oxidation sites excluding steroid dienone is 1. The molecule has 0 unspecified atom stereocenters. The van der Waals surface area contributed by atoms with Crippen LogP contribution in [-0.2, 0) is 9.53 Å². The molecule has 88 valence electrons. The maximum Gasteiger partial charge on any atom is 0.335 e. The number of hydrogen-bond donors (Lipinski definition) is 1. The zero-order chi connectivity index (χ0) is 11.7. The average molecular weight is 213 g/mol. The molecule has 0 saturated carbocycles. The van der Waals surface area contributed by atoms with E-state index in [0.29, 0.717) is 0 Å². The van der Waals surface area contributed by atoms with Crippen molar-refractivity contribution in [2.75, 3.05) is 13.7 Å². The van der Waals surface area contributed by atoms with Gasteiger partial charge in [0.2, 0.25) is 0 Å². The van der Waals surface area contributed by atoms with Gasteiger partial charge in [-0.2, -0.15) is 0 Å². The van der Waals surface area contributed by atoms with Crippen molar-refractivity contribution in [1.29, 1.82) is 0 Å². The van der Waals surface area contributed by atoms with Crippen molar-refractivity contribution in [1.82, 2.24) is 5.32 Å². The second kappa shape index (κ2) is 8.33. The normalized spacial score (nSPS) is 12.0. The summed E-state index contributed by atoms with van der Waals surface area (Å²) in [6, 6.07) is 0. The molecule has 0 aromatic carbocycles. The first-order chi connectivity index (χ1) is 7.21. The molecule has 0 aliphatic rings. The van der Waals surface area contributed by atoms with Gasteiger partial charge in [-0.15, -0.1) is 0 Å². The van der Waals surface area contributed by atoms with Crippen LogP contribution in [0.5, 0.6) is 0 Å². The van der Waals surface area contributed by atoms with Crippen LogP contribution < -0.4 is 5.32 Å². The maximum absolute atomic E-state index is 11.6. The van der Waals surface area contributed by atoms with Gasteiger partial charge in [-0.3, -0.25) is 0 Å². The van der Waals surface area contributed by atoms with Gasteiger partial charge in [-0.1, -0.05) is 20.3 Å². The molecular weight excluding hydrogens is 190 g/mol. The molecule has 0 aromatic heterocycles. The zero-order valence-corrected chi connectivity index (χ0v) is 10.4. The van der Waals surface area contributed by atoms with Crippen LogP contribution in [0, 0.1) is 0 Å². The summed E-state index contributed by atoms with van der Waals surface area (Å²) in [5.41, 5.74) is 1.83. The van der Waals surface area contributed by atoms with Crippen molar-refractivity contribution < 1.29 is 9.53 Å². The summed E-state index contributed by atoms with van der Waals surface area (Å²) in [5, 5.41) is 3.24. The summed E-state index contributed by atoms with van der Waals surface area (Å²) in [4.78, 5) is 11.6. The van der Waals surface area contributed by atoms with Crippen LogP contribution in [0.1, 0.15) is 46.5 Å². The van der Waals surface area contributed by atoms with Crippen LogP contribution in [0.4, 0.5) is 0 Å². The molecule has 0 fully saturated rings. The minimum absolute atomic E-state index is 0.193. The van der Waals surface area contributed by atoms with Crippen LogP contribution in [0.3, 0.4) is 0 Å². The molecule has 0 bridgehead atoms. The van der Waals surface area contributed by atoms with Crippen molar-refractivity contribution >= 4 is 5.97 Å². The summed E-state index contributed by atoms with van der Waals surface area (Å²) in [6.07, 6.45) is 3.77. The molecule has 0 aliphatic carbocycles.